The predicted octanol–water partition coefficient (Wildman–Crippen LogP) is 4.06. The molecule has 0 aliphatic heterocycles. The quantitative estimate of drug-likeness (QED) is 0.565. The summed E-state index contributed by atoms with van der Waals surface area (Å²) in [4.78, 5) is 0. The number of benzene rings is 1. The minimum absolute atomic E-state index is 0.300. The largest absolute Gasteiger partial charge is 0.396 e. The van der Waals surface area contributed by atoms with Crippen LogP contribution in [0.1, 0.15) is 63.0 Å². The minimum Gasteiger partial charge on any atom is -0.396 e. The van der Waals surface area contributed by atoms with Gasteiger partial charge in [-0.3, -0.25) is 0 Å². The summed E-state index contributed by atoms with van der Waals surface area (Å²) in [6, 6.07) is 9.01. The van der Waals surface area contributed by atoms with Gasteiger partial charge in [0.1, 0.15) is 0 Å². The molecule has 0 fully saturated rings. The van der Waals surface area contributed by atoms with Gasteiger partial charge in [0.2, 0.25) is 0 Å². The summed E-state index contributed by atoms with van der Waals surface area (Å²) in [6.45, 7) is 4.48. The van der Waals surface area contributed by atoms with E-state index in [-0.39, 0.29) is 0 Å². The Hall–Kier alpha value is -0.860. The summed E-state index contributed by atoms with van der Waals surface area (Å²) in [5.74, 6) is 0. The number of hydrogen-bond acceptors (Lipinski definition) is 2. The standard InChI is InChI=1S/C18H31NO/c1-2-3-4-5-6-9-17-10-12-18(13-11-17)16-19-14-7-8-15-20/h10-13,19-20H,2-9,14-16H2,1H3. The molecule has 0 radical (unpaired) electrons. The van der Waals surface area contributed by atoms with Gasteiger partial charge in [-0.25, -0.2) is 0 Å². The third-order valence-corrected chi connectivity index (χ3v) is 3.68. The van der Waals surface area contributed by atoms with Crippen molar-refractivity contribution in [3.63, 3.8) is 0 Å². The van der Waals surface area contributed by atoms with Crippen molar-refractivity contribution in [2.75, 3.05) is 13.2 Å². The van der Waals surface area contributed by atoms with E-state index in [0.717, 1.165) is 25.9 Å². The molecule has 20 heavy (non-hydrogen) atoms. The normalized spacial score (nSPS) is 10.9. The molecule has 1 aromatic rings. The van der Waals surface area contributed by atoms with E-state index in [4.69, 9.17) is 5.11 Å². The highest BCUT2D eigenvalue weighted by Crippen LogP contribution is 2.10. The highest BCUT2D eigenvalue weighted by atomic mass is 16.2. The molecule has 0 bridgehead atoms. The Kier molecular flexibility index (Phi) is 10.3. The molecule has 0 unspecified atom stereocenters. The van der Waals surface area contributed by atoms with Crippen LogP contribution >= 0.6 is 0 Å². The lowest BCUT2D eigenvalue weighted by Gasteiger charge is -2.06. The molecule has 114 valence electrons. The molecule has 1 rings (SSSR count). The van der Waals surface area contributed by atoms with Crippen LogP contribution in [0.25, 0.3) is 0 Å². The fraction of sp³-hybridized carbons (Fsp3) is 0.667. The number of aryl methyl sites for hydroxylation is 1. The Balaban J connectivity index is 2.13. The zero-order chi connectivity index (χ0) is 14.5. The van der Waals surface area contributed by atoms with Crippen molar-refractivity contribution in [1.82, 2.24) is 5.32 Å². The maximum Gasteiger partial charge on any atom is 0.0431 e. The summed E-state index contributed by atoms with van der Waals surface area (Å²) >= 11 is 0. The van der Waals surface area contributed by atoms with Gasteiger partial charge in [-0.2, -0.15) is 0 Å². The fourth-order valence-electron chi connectivity index (χ4n) is 2.35. The van der Waals surface area contributed by atoms with E-state index in [1.807, 2.05) is 0 Å². The van der Waals surface area contributed by atoms with Gasteiger partial charge in [0.25, 0.3) is 0 Å². The average molecular weight is 277 g/mol. The first-order valence-electron chi connectivity index (χ1n) is 8.26. The highest BCUT2D eigenvalue weighted by molar-refractivity contribution is 5.22. The van der Waals surface area contributed by atoms with Crippen LogP contribution in [0.5, 0.6) is 0 Å². The fourth-order valence-corrected chi connectivity index (χ4v) is 2.35. The predicted molar refractivity (Wildman–Crippen MR) is 86.9 cm³/mol. The van der Waals surface area contributed by atoms with Gasteiger partial charge in [-0.05, 0) is 43.4 Å². The van der Waals surface area contributed by atoms with Crippen LogP contribution in [-0.2, 0) is 13.0 Å². The Morgan fingerprint density at radius 1 is 0.850 bits per heavy atom. The summed E-state index contributed by atoms with van der Waals surface area (Å²) in [5.41, 5.74) is 2.81. The number of rotatable bonds is 12. The van der Waals surface area contributed by atoms with Crippen LogP contribution in [0.4, 0.5) is 0 Å². The Labute approximate surface area is 124 Å². The zero-order valence-corrected chi connectivity index (χ0v) is 13.0. The molecular formula is C18H31NO. The first-order valence-corrected chi connectivity index (χ1v) is 8.26. The molecule has 0 heterocycles. The van der Waals surface area contributed by atoms with Crippen molar-refractivity contribution >= 4 is 0 Å². The summed E-state index contributed by atoms with van der Waals surface area (Å²) in [5, 5.41) is 12.1. The SMILES string of the molecule is CCCCCCCc1ccc(CNCCCCO)cc1. The number of aliphatic hydroxyl groups excluding tert-OH is 1. The van der Waals surface area contributed by atoms with E-state index in [9.17, 15) is 0 Å². The van der Waals surface area contributed by atoms with Crippen molar-refractivity contribution in [1.29, 1.82) is 0 Å². The molecule has 0 saturated carbocycles. The topological polar surface area (TPSA) is 32.3 Å². The number of hydrogen-bond donors (Lipinski definition) is 2. The van der Waals surface area contributed by atoms with Gasteiger partial charge in [-0.15, -0.1) is 0 Å². The lowest BCUT2D eigenvalue weighted by Crippen LogP contribution is -2.14. The van der Waals surface area contributed by atoms with Crippen LogP contribution in [0, 0.1) is 0 Å². The van der Waals surface area contributed by atoms with Crippen molar-refractivity contribution in [2.24, 2.45) is 0 Å². The first-order chi connectivity index (χ1) is 9.86. The van der Waals surface area contributed by atoms with Crippen LogP contribution in [0.3, 0.4) is 0 Å². The summed E-state index contributed by atoms with van der Waals surface area (Å²) in [6.07, 6.45) is 9.91. The second-order valence-corrected chi connectivity index (χ2v) is 5.59. The van der Waals surface area contributed by atoms with Gasteiger partial charge < -0.3 is 10.4 Å². The lowest BCUT2D eigenvalue weighted by molar-refractivity contribution is 0.283. The van der Waals surface area contributed by atoms with Crippen molar-refractivity contribution in [3.8, 4) is 0 Å². The third-order valence-electron chi connectivity index (χ3n) is 3.68. The van der Waals surface area contributed by atoms with Crippen LogP contribution < -0.4 is 5.32 Å². The first kappa shape index (κ1) is 17.2. The molecular weight excluding hydrogens is 246 g/mol. The molecule has 0 aliphatic rings. The van der Waals surface area contributed by atoms with Crippen LogP contribution in [-0.4, -0.2) is 18.3 Å². The molecule has 0 atom stereocenters. The molecule has 0 aliphatic carbocycles. The average Bonchev–Trinajstić information content (AvgIpc) is 2.48. The third kappa shape index (κ3) is 8.34. The smallest absolute Gasteiger partial charge is 0.0431 e. The molecule has 2 N–H and O–H groups in total. The van der Waals surface area contributed by atoms with E-state index in [2.05, 4.69) is 36.5 Å². The van der Waals surface area contributed by atoms with Crippen LogP contribution in [0.15, 0.2) is 24.3 Å². The lowest BCUT2D eigenvalue weighted by atomic mass is 10.0. The molecule has 0 aromatic heterocycles. The summed E-state index contributed by atoms with van der Waals surface area (Å²) < 4.78 is 0. The van der Waals surface area contributed by atoms with E-state index in [0.29, 0.717) is 6.61 Å². The van der Waals surface area contributed by atoms with Gasteiger partial charge in [-0.1, -0.05) is 56.9 Å². The Bertz CT molecular complexity index is 288. The maximum absolute atomic E-state index is 8.70. The Morgan fingerprint density at radius 2 is 1.55 bits per heavy atom. The molecule has 0 spiro atoms. The molecule has 2 nitrogen and oxygen atoms in total. The van der Waals surface area contributed by atoms with Crippen molar-refractivity contribution in [2.45, 2.75) is 64.8 Å². The van der Waals surface area contributed by atoms with Gasteiger partial charge in [0, 0.05) is 13.2 Å². The second-order valence-electron chi connectivity index (χ2n) is 5.59. The van der Waals surface area contributed by atoms with Gasteiger partial charge in [0.05, 0.1) is 0 Å². The highest BCUT2D eigenvalue weighted by Gasteiger charge is 1.96. The molecule has 0 amide bonds. The number of nitrogens with one attached hydrogen (secondary N) is 1. The van der Waals surface area contributed by atoms with Crippen LogP contribution in [0.2, 0.25) is 0 Å². The molecule has 1 aromatic carbocycles. The van der Waals surface area contributed by atoms with Gasteiger partial charge >= 0.3 is 0 Å². The minimum atomic E-state index is 0.300. The Morgan fingerprint density at radius 3 is 2.25 bits per heavy atom. The number of aliphatic hydroxyl groups is 1. The van der Waals surface area contributed by atoms with E-state index < -0.39 is 0 Å². The van der Waals surface area contributed by atoms with E-state index >= 15 is 0 Å². The van der Waals surface area contributed by atoms with Crippen molar-refractivity contribution in [3.05, 3.63) is 35.4 Å². The van der Waals surface area contributed by atoms with E-state index in [1.54, 1.807) is 0 Å². The maximum atomic E-state index is 8.70. The zero-order valence-electron chi connectivity index (χ0n) is 13.0. The number of unbranched alkanes of at least 4 members (excludes halogenated alkanes) is 5. The molecule has 0 saturated heterocycles. The van der Waals surface area contributed by atoms with Crippen molar-refractivity contribution < 1.29 is 5.11 Å². The van der Waals surface area contributed by atoms with Gasteiger partial charge in [0.15, 0.2) is 0 Å². The summed E-state index contributed by atoms with van der Waals surface area (Å²) in [7, 11) is 0. The molecule has 2 heteroatoms. The monoisotopic (exact) mass is 277 g/mol. The second kappa shape index (κ2) is 11.9. The van der Waals surface area contributed by atoms with E-state index in [1.165, 1.54) is 49.7 Å².